The van der Waals surface area contributed by atoms with Gasteiger partial charge >= 0.3 is 0 Å². The van der Waals surface area contributed by atoms with Crippen molar-refractivity contribution < 1.29 is 14.3 Å². The third-order valence-electron chi connectivity index (χ3n) is 4.07. The molecule has 0 atom stereocenters. The highest BCUT2D eigenvalue weighted by Crippen LogP contribution is 2.32. The minimum absolute atomic E-state index is 0.190. The summed E-state index contributed by atoms with van der Waals surface area (Å²) in [7, 11) is 0. The van der Waals surface area contributed by atoms with Crippen molar-refractivity contribution in [1.29, 1.82) is 0 Å². The number of benzene rings is 2. The summed E-state index contributed by atoms with van der Waals surface area (Å²) in [6, 6.07) is 15.5. The molecule has 6 nitrogen and oxygen atoms in total. The Hall–Kier alpha value is -3.19. The van der Waals surface area contributed by atoms with Gasteiger partial charge in [0.05, 0.1) is 17.8 Å². The Morgan fingerprint density at radius 3 is 2.85 bits per heavy atom. The maximum absolute atomic E-state index is 12.2. The van der Waals surface area contributed by atoms with Crippen LogP contribution in [0.4, 0.5) is 0 Å². The van der Waals surface area contributed by atoms with Gasteiger partial charge in [-0.15, -0.1) is 11.3 Å². The van der Waals surface area contributed by atoms with Crippen LogP contribution in [0.5, 0.6) is 11.5 Å². The van der Waals surface area contributed by atoms with E-state index in [1.807, 2.05) is 60.8 Å². The smallest absolute Gasteiger partial charge is 0.246 e. The molecule has 0 fully saturated rings. The van der Waals surface area contributed by atoms with E-state index in [1.165, 1.54) is 11.3 Å². The zero-order valence-corrected chi connectivity index (χ0v) is 15.5. The monoisotopic (exact) mass is 379 g/mol. The zero-order valence-electron chi connectivity index (χ0n) is 14.6. The summed E-state index contributed by atoms with van der Waals surface area (Å²) in [4.78, 5) is 16.7. The Morgan fingerprint density at radius 2 is 2.00 bits per heavy atom. The minimum Gasteiger partial charge on any atom is -0.454 e. The van der Waals surface area contributed by atoms with Gasteiger partial charge in [0.1, 0.15) is 5.01 Å². The standard InChI is InChI=1S/C20H17N3O3S/c1-13(15-7-8-17-18(9-15)26-12-25-17)22-23-19(24)10-20-21-16(11-27-20)14-5-3-2-4-6-14/h2-9,11H,10,12H2,1H3,(H,23,24)/b22-13-. The van der Waals surface area contributed by atoms with E-state index in [9.17, 15) is 4.79 Å². The summed E-state index contributed by atoms with van der Waals surface area (Å²) in [6.07, 6.45) is 0.190. The lowest BCUT2D eigenvalue weighted by Gasteiger charge is -2.03. The summed E-state index contributed by atoms with van der Waals surface area (Å²) in [5.74, 6) is 1.20. The number of hydrazone groups is 1. The molecule has 2 heterocycles. The number of nitrogens with zero attached hydrogens (tertiary/aromatic N) is 2. The Morgan fingerprint density at radius 1 is 1.19 bits per heavy atom. The fraction of sp³-hybridized carbons (Fsp3) is 0.150. The molecule has 0 aliphatic carbocycles. The van der Waals surface area contributed by atoms with E-state index in [1.54, 1.807) is 0 Å². The van der Waals surface area contributed by atoms with Crippen LogP contribution in [0.2, 0.25) is 0 Å². The number of carbonyl (C=O) groups is 1. The van der Waals surface area contributed by atoms with Gasteiger partial charge in [0, 0.05) is 16.5 Å². The number of rotatable bonds is 5. The zero-order chi connectivity index (χ0) is 18.6. The summed E-state index contributed by atoms with van der Waals surface area (Å²) in [5, 5.41) is 6.89. The second kappa shape index (κ2) is 7.59. The third kappa shape index (κ3) is 3.98. The number of fused-ring (bicyclic) bond motifs is 1. The van der Waals surface area contributed by atoms with E-state index in [2.05, 4.69) is 15.5 Å². The van der Waals surface area contributed by atoms with Gasteiger partial charge in [-0.2, -0.15) is 5.10 Å². The molecule has 0 radical (unpaired) electrons. The molecule has 0 spiro atoms. The molecule has 4 rings (SSSR count). The van der Waals surface area contributed by atoms with Crippen LogP contribution in [0.3, 0.4) is 0 Å². The summed E-state index contributed by atoms with van der Waals surface area (Å²) < 4.78 is 10.7. The molecule has 3 aromatic rings. The van der Waals surface area contributed by atoms with E-state index >= 15 is 0 Å². The molecule has 1 aliphatic rings. The molecule has 1 N–H and O–H groups in total. The average Bonchev–Trinajstić information content (AvgIpc) is 3.35. The molecule has 1 aromatic heterocycles. The van der Waals surface area contributed by atoms with Crippen LogP contribution in [0.25, 0.3) is 11.3 Å². The number of amides is 1. The number of hydrogen-bond acceptors (Lipinski definition) is 6. The first kappa shape index (κ1) is 17.2. The minimum atomic E-state index is -0.205. The van der Waals surface area contributed by atoms with Gasteiger partial charge in [0.25, 0.3) is 0 Å². The maximum atomic E-state index is 12.2. The first-order chi connectivity index (χ1) is 13.2. The van der Waals surface area contributed by atoms with Gasteiger partial charge < -0.3 is 9.47 Å². The Balaban J connectivity index is 1.38. The lowest BCUT2D eigenvalue weighted by Crippen LogP contribution is -2.21. The second-order valence-corrected chi connectivity index (χ2v) is 6.91. The predicted molar refractivity (Wildman–Crippen MR) is 104 cm³/mol. The SMILES string of the molecule is C/C(=N/NC(=O)Cc1nc(-c2ccccc2)cs1)c1ccc2c(c1)OCO2. The van der Waals surface area contributed by atoms with Crippen molar-refractivity contribution in [3.8, 4) is 22.8 Å². The van der Waals surface area contributed by atoms with Crippen molar-refractivity contribution in [1.82, 2.24) is 10.4 Å². The molecule has 0 saturated heterocycles. The van der Waals surface area contributed by atoms with Crippen LogP contribution in [0, 0.1) is 0 Å². The Labute approximate surface area is 160 Å². The number of nitrogens with one attached hydrogen (secondary N) is 1. The highest BCUT2D eigenvalue weighted by molar-refractivity contribution is 7.10. The molecule has 1 amide bonds. The lowest BCUT2D eigenvalue weighted by molar-refractivity contribution is -0.120. The number of ether oxygens (including phenoxy) is 2. The maximum Gasteiger partial charge on any atom is 0.246 e. The van der Waals surface area contributed by atoms with Crippen molar-refractivity contribution >= 4 is 23.0 Å². The Bertz CT molecular complexity index is 999. The van der Waals surface area contributed by atoms with Gasteiger partial charge in [-0.1, -0.05) is 30.3 Å². The topological polar surface area (TPSA) is 72.8 Å². The molecule has 0 unspecified atom stereocenters. The average molecular weight is 379 g/mol. The first-order valence-corrected chi connectivity index (χ1v) is 9.30. The van der Waals surface area contributed by atoms with Crippen molar-refractivity contribution in [3.05, 3.63) is 64.5 Å². The number of hydrogen-bond donors (Lipinski definition) is 1. The summed E-state index contributed by atoms with van der Waals surface area (Å²) in [5.41, 5.74) is 6.05. The van der Waals surface area contributed by atoms with Gasteiger partial charge in [-0.3, -0.25) is 4.79 Å². The molecule has 1 aliphatic heterocycles. The quantitative estimate of drug-likeness (QED) is 0.543. The highest BCUT2D eigenvalue weighted by atomic mass is 32.1. The van der Waals surface area contributed by atoms with E-state index in [0.29, 0.717) is 17.2 Å². The second-order valence-electron chi connectivity index (χ2n) is 5.97. The molecular weight excluding hydrogens is 362 g/mol. The van der Waals surface area contributed by atoms with Gasteiger partial charge in [-0.25, -0.2) is 10.4 Å². The fourth-order valence-electron chi connectivity index (χ4n) is 2.64. The predicted octanol–water partition coefficient (Wildman–Crippen LogP) is 3.62. The molecular formula is C20H17N3O3S. The van der Waals surface area contributed by atoms with Crippen LogP contribution < -0.4 is 14.9 Å². The number of thiazole rings is 1. The van der Waals surface area contributed by atoms with E-state index in [-0.39, 0.29) is 19.1 Å². The van der Waals surface area contributed by atoms with Gasteiger partial charge in [-0.05, 0) is 25.1 Å². The van der Waals surface area contributed by atoms with Crippen LogP contribution in [0.15, 0.2) is 59.0 Å². The van der Waals surface area contributed by atoms with Crippen LogP contribution >= 0.6 is 11.3 Å². The number of carbonyl (C=O) groups excluding carboxylic acids is 1. The van der Waals surface area contributed by atoms with Crippen LogP contribution in [0.1, 0.15) is 17.5 Å². The fourth-order valence-corrected chi connectivity index (χ4v) is 3.44. The molecule has 0 bridgehead atoms. The van der Waals surface area contributed by atoms with E-state index in [0.717, 1.165) is 21.8 Å². The molecule has 2 aromatic carbocycles. The highest BCUT2D eigenvalue weighted by Gasteiger charge is 2.14. The summed E-state index contributed by atoms with van der Waals surface area (Å²) in [6.45, 7) is 2.05. The molecule has 0 saturated carbocycles. The van der Waals surface area contributed by atoms with Crippen molar-refractivity contribution in [2.75, 3.05) is 6.79 Å². The van der Waals surface area contributed by atoms with Gasteiger partial charge in [0.2, 0.25) is 12.7 Å². The largest absolute Gasteiger partial charge is 0.454 e. The third-order valence-corrected chi connectivity index (χ3v) is 4.92. The molecule has 7 heteroatoms. The van der Waals surface area contributed by atoms with E-state index < -0.39 is 0 Å². The van der Waals surface area contributed by atoms with Crippen LogP contribution in [-0.2, 0) is 11.2 Å². The van der Waals surface area contributed by atoms with Crippen molar-refractivity contribution in [2.24, 2.45) is 5.10 Å². The van der Waals surface area contributed by atoms with Crippen molar-refractivity contribution in [3.63, 3.8) is 0 Å². The van der Waals surface area contributed by atoms with Gasteiger partial charge in [0.15, 0.2) is 11.5 Å². The molecule has 136 valence electrons. The number of aromatic nitrogens is 1. The first-order valence-electron chi connectivity index (χ1n) is 8.42. The normalized spacial score (nSPS) is 12.9. The van der Waals surface area contributed by atoms with E-state index in [4.69, 9.17) is 9.47 Å². The van der Waals surface area contributed by atoms with Crippen molar-refractivity contribution in [2.45, 2.75) is 13.3 Å². The Kier molecular flexibility index (Phi) is 4.84. The molecule has 27 heavy (non-hydrogen) atoms. The van der Waals surface area contributed by atoms with Crippen LogP contribution in [-0.4, -0.2) is 23.4 Å². The summed E-state index contributed by atoms with van der Waals surface area (Å²) >= 11 is 1.47. The lowest BCUT2D eigenvalue weighted by atomic mass is 10.1.